The van der Waals surface area contributed by atoms with Crippen LogP contribution in [0.5, 0.6) is 11.5 Å². The molecule has 0 saturated heterocycles. The number of rotatable bonds is 3. The lowest BCUT2D eigenvalue weighted by Crippen LogP contribution is -1.91. The Morgan fingerprint density at radius 2 is 1.96 bits per heavy atom. The second-order valence-corrected chi connectivity index (χ2v) is 5.36. The van der Waals surface area contributed by atoms with Gasteiger partial charge in [0.05, 0.1) is 10.6 Å². The maximum Gasteiger partial charge on any atom is 0.315 e. The lowest BCUT2D eigenvalue weighted by Gasteiger charge is -2.02. The van der Waals surface area contributed by atoms with Crippen LogP contribution in [-0.2, 0) is 0 Å². The molecule has 0 bridgehead atoms. The second-order valence-electron chi connectivity index (χ2n) is 4.50. The van der Waals surface area contributed by atoms with Crippen molar-refractivity contribution in [2.45, 2.75) is 0 Å². The summed E-state index contributed by atoms with van der Waals surface area (Å²) in [5.74, 6) is -2.06. The normalized spacial score (nSPS) is 10.7. The molecule has 1 aromatic carbocycles. The van der Waals surface area contributed by atoms with E-state index in [0.29, 0.717) is 16.4 Å². The summed E-state index contributed by atoms with van der Waals surface area (Å²) in [7, 11) is 0. The number of pyridine rings is 1. The number of aromatic hydroxyl groups is 2. The fourth-order valence-electron chi connectivity index (χ4n) is 1.94. The van der Waals surface area contributed by atoms with Gasteiger partial charge in [-0.3, -0.25) is 10.1 Å². The molecule has 0 saturated carbocycles. The van der Waals surface area contributed by atoms with Crippen LogP contribution in [-0.4, -0.2) is 25.1 Å². The molecule has 0 atom stereocenters. The number of phenolic OH excluding ortho intramolecular Hbond substituents is 2. The van der Waals surface area contributed by atoms with Gasteiger partial charge < -0.3 is 10.2 Å². The molecule has 3 rings (SSSR count). The number of nitrogens with zero attached hydrogens (tertiary/aromatic N) is 3. The van der Waals surface area contributed by atoms with E-state index in [1.807, 2.05) is 0 Å². The van der Waals surface area contributed by atoms with Crippen molar-refractivity contribution in [2.24, 2.45) is 0 Å². The van der Waals surface area contributed by atoms with Crippen LogP contribution in [0.2, 0.25) is 0 Å². The van der Waals surface area contributed by atoms with Gasteiger partial charge in [0.15, 0.2) is 5.75 Å². The monoisotopic (exact) mass is 333 g/mol. The fraction of sp³-hybridized carbons (Fsp3) is 0. The first-order valence-corrected chi connectivity index (χ1v) is 7.13. The van der Waals surface area contributed by atoms with Crippen LogP contribution in [0.25, 0.3) is 22.0 Å². The highest BCUT2D eigenvalue weighted by Crippen LogP contribution is 2.40. The van der Waals surface area contributed by atoms with E-state index < -0.39 is 28.1 Å². The van der Waals surface area contributed by atoms with Crippen molar-refractivity contribution in [2.75, 3.05) is 0 Å². The second kappa shape index (κ2) is 5.61. The van der Waals surface area contributed by atoms with Gasteiger partial charge in [0.2, 0.25) is 11.7 Å². The molecule has 0 amide bonds. The Morgan fingerprint density at radius 1 is 1.17 bits per heavy atom. The average molecular weight is 333 g/mol. The number of halogens is 1. The maximum absolute atomic E-state index is 13.2. The topological polar surface area (TPSA) is 109 Å². The van der Waals surface area contributed by atoms with Gasteiger partial charge in [-0.15, -0.1) is 11.3 Å². The van der Waals surface area contributed by atoms with Crippen LogP contribution in [0, 0.1) is 16.1 Å². The summed E-state index contributed by atoms with van der Waals surface area (Å²) in [6.07, 6.45) is 0. The van der Waals surface area contributed by atoms with Crippen molar-refractivity contribution in [1.82, 2.24) is 9.97 Å². The molecule has 0 aliphatic heterocycles. The van der Waals surface area contributed by atoms with Crippen LogP contribution in [0.15, 0.2) is 35.7 Å². The minimum absolute atomic E-state index is 0.255. The lowest BCUT2D eigenvalue weighted by atomic mass is 10.1. The summed E-state index contributed by atoms with van der Waals surface area (Å²) in [4.78, 5) is 18.0. The summed E-state index contributed by atoms with van der Waals surface area (Å²) in [6.45, 7) is 0. The quantitative estimate of drug-likeness (QED) is 0.329. The van der Waals surface area contributed by atoms with E-state index in [1.54, 1.807) is 11.4 Å². The van der Waals surface area contributed by atoms with Gasteiger partial charge in [-0.25, -0.2) is 9.97 Å². The molecule has 2 N–H and O–H groups in total. The third-order valence-electron chi connectivity index (χ3n) is 3.00. The molecule has 9 heteroatoms. The molecule has 2 heterocycles. The number of benzene rings is 1. The third kappa shape index (κ3) is 2.81. The van der Waals surface area contributed by atoms with E-state index in [9.17, 15) is 24.7 Å². The van der Waals surface area contributed by atoms with Crippen LogP contribution >= 0.6 is 11.3 Å². The summed E-state index contributed by atoms with van der Waals surface area (Å²) < 4.78 is 13.2. The molecule has 0 unspecified atom stereocenters. The Balaban J connectivity index is 2.06. The molecule has 3 aromatic rings. The largest absolute Gasteiger partial charge is 0.504 e. The molecule has 2 aromatic heterocycles. The van der Waals surface area contributed by atoms with Crippen molar-refractivity contribution < 1.29 is 19.5 Å². The molecule has 0 aliphatic carbocycles. The zero-order valence-corrected chi connectivity index (χ0v) is 12.1. The first-order valence-electron chi connectivity index (χ1n) is 6.25. The number of nitro groups is 1. The van der Waals surface area contributed by atoms with Gasteiger partial charge in [0.1, 0.15) is 10.7 Å². The lowest BCUT2D eigenvalue weighted by molar-refractivity contribution is -0.385. The SMILES string of the molecule is O=[N+]([O-])c1cc(-c2csc(-c3cccc(F)n3)n2)cc(O)c1O. The van der Waals surface area contributed by atoms with Gasteiger partial charge in [0.25, 0.3) is 0 Å². The summed E-state index contributed by atoms with van der Waals surface area (Å²) in [5, 5.41) is 32.0. The Morgan fingerprint density at radius 3 is 2.65 bits per heavy atom. The van der Waals surface area contributed by atoms with E-state index >= 15 is 0 Å². The number of aromatic nitrogens is 2. The number of thiazole rings is 1. The standard InChI is InChI=1S/C14H8FN3O4S/c15-12-3-1-2-8(16-12)14-17-9(6-23-14)7-4-10(18(21)22)13(20)11(19)5-7/h1-6,19-20H. The number of phenols is 2. The van der Waals surface area contributed by atoms with Gasteiger partial charge in [-0.05, 0) is 18.2 Å². The molecular formula is C14H8FN3O4S. The highest BCUT2D eigenvalue weighted by Gasteiger charge is 2.20. The molecule has 23 heavy (non-hydrogen) atoms. The Kier molecular flexibility index (Phi) is 3.62. The number of hydrogen-bond donors (Lipinski definition) is 2. The van der Waals surface area contributed by atoms with E-state index in [-0.39, 0.29) is 5.56 Å². The van der Waals surface area contributed by atoms with Crippen molar-refractivity contribution in [3.05, 3.63) is 51.8 Å². The van der Waals surface area contributed by atoms with Crippen LogP contribution < -0.4 is 0 Å². The molecule has 0 aliphatic rings. The molecule has 0 radical (unpaired) electrons. The van der Waals surface area contributed by atoms with E-state index in [1.165, 1.54) is 29.5 Å². The third-order valence-corrected chi connectivity index (χ3v) is 3.87. The van der Waals surface area contributed by atoms with Crippen LogP contribution in [0.3, 0.4) is 0 Å². The van der Waals surface area contributed by atoms with Gasteiger partial charge in [-0.1, -0.05) is 6.07 Å². The zero-order chi connectivity index (χ0) is 16.6. The first kappa shape index (κ1) is 14.9. The van der Waals surface area contributed by atoms with Crippen LogP contribution in [0.1, 0.15) is 0 Å². The smallest absolute Gasteiger partial charge is 0.315 e. The molecule has 0 fully saturated rings. The van der Waals surface area contributed by atoms with Crippen molar-refractivity contribution >= 4 is 17.0 Å². The molecule has 0 spiro atoms. The van der Waals surface area contributed by atoms with Crippen molar-refractivity contribution in [3.63, 3.8) is 0 Å². The first-order chi connectivity index (χ1) is 11.0. The van der Waals surface area contributed by atoms with Gasteiger partial charge >= 0.3 is 5.69 Å². The van der Waals surface area contributed by atoms with Gasteiger partial charge in [-0.2, -0.15) is 4.39 Å². The van der Waals surface area contributed by atoms with E-state index in [2.05, 4.69) is 9.97 Å². The predicted molar refractivity (Wildman–Crippen MR) is 80.7 cm³/mol. The van der Waals surface area contributed by atoms with E-state index in [4.69, 9.17) is 0 Å². The van der Waals surface area contributed by atoms with E-state index in [0.717, 1.165) is 6.07 Å². The Labute approximate surface area is 132 Å². The average Bonchev–Trinajstić information content (AvgIpc) is 2.99. The Bertz CT molecular complexity index is 913. The summed E-state index contributed by atoms with van der Waals surface area (Å²) >= 11 is 1.18. The highest BCUT2D eigenvalue weighted by atomic mass is 32.1. The Hall–Kier alpha value is -3.07. The summed E-state index contributed by atoms with van der Waals surface area (Å²) in [6, 6.07) is 6.56. The van der Waals surface area contributed by atoms with Crippen molar-refractivity contribution in [1.29, 1.82) is 0 Å². The molecule has 7 nitrogen and oxygen atoms in total. The van der Waals surface area contributed by atoms with Gasteiger partial charge in [0, 0.05) is 17.0 Å². The minimum atomic E-state index is -0.806. The van der Waals surface area contributed by atoms with Crippen LogP contribution in [0.4, 0.5) is 10.1 Å². The number of nitro benzene ring substituents is 1. The fourth-order valence-corrected chi connectivity index (χ4v) is 2.74. The predicted octanol–water partition coefficient (Wildman–Crippen LogP) is 3.33. The summed E-state index contributed by atoms with van der Waals surface area (Å²) in [5.41, 5.74) is 0.303. The molecular weight excluding hydrogens is 325 g/mol. The minimum Gasteiger partial charge on any atom is -0.504 e. The molecule has 116 valence electrons. The number of hydrogen-bond acceptors (Lipinski definition) is 7. The highest BCUT2D eigenvalue weighted by molar-refractivity contribution is 7.13. The maximum atomic E-state index is 13.2. The zero-order valence-electron chi connectivity index (χ0n) is 11.3. The van der Waals surface area contributed by atoms with Crippen molar-refractivity contribution in [3.8, 4) is 33.5 Å².